The zero-order valence-corrected chi connectivity index (χ0v) is 22.3. The lowest BCUT2D eigenvalue weighted by atomic mass is 9.97. The Morgan fingerprint density at radius 2 is 1.82 bits per heavy atom. The largest absolute Gasteiger partial charge is 0.444 e. The third-order valence-electron chi connectivity index (χ3n) is 5.10. The predicted molar refractivity (Wildman–Crippen MR) is 139 cm³/mol. The van der Waals surface area contributed by atoms with Gasteiger partial charge in [0.2, 0.25) is 11.8 Å². The SMILES string of the molecule is C#Cc1ccccc1C(C(=O)NC(C)CCC)N(C)C(=O)C(CCSC)NC(=O)OC(C)(C)C. The summed E-state index contributed by atoms with van der Waals surface area (Å²) in [5.74, 6) is 2.55. The van der Waals surface area contributed by atoms with E-state index in [2.05, 4.69) is 16.6 Å². The van der Waals surface area contributed by atoms with E-state index < -0.39 is 29.7 Å². The molecule has 0 heterocycles. The minimum Gasteiger partial charge on any atom is -0.444 e. The molecule has 8 heteroatoms. The molecule has 1 aromatic rings. The van der Waals surface area contributed by atoms with Crippen LogP contribution in [0.25, 0.3) is 0 Å². The smallest absolute Gasteiger partial charge is 0.408 e. The molecule has 7 nitrogen and oxygen atoms in total. The molecule has 1 aromatic carbocycles. The number of alkyl carbamates (subject to hydrolysis) is 1. The Morgan fingerprint density at radius 3 is 2.38 bits per heavy atom. The molecule has 0 radical (unpaired) electrons. The molecule has 34 heavy (non-hydrogen) atoms. The van der Waals surface area contributed by atoms with E-state index in [9.17, 15) is 14.4 Å². The Kier molecular flexibility index (Phi) is 12.0. The number of hydrogen-bond acceptors (Lipinski definition) is 5. The number of amides is 3. The highest BCUT2D eigenvalue weighted by Gasteiger charge is 2.35. The maximum atomic E-state index is 13.6. The van der Waals surface area contributed by atoms with Crippen molar-refractivity contribution in [3.63, 3.8) is 0 Å². The van der Waals surface area contributed by atoms with Gasteiger partial charge in [0.05, 0.1) is 0 Å². The summed E-state index contributed by atoms with van der Waals surface area (Å²) >= 11 is 1.56. The van der Waals surface area contributed by atoms with Crippen molar-refractivity contribution in [3.05, 3.63) is 35.4 Å². The number of carbonyl (C=O) groups excluding carboxylic acids is 3. The number of rotatable bonds is 11. The van der Waals surface area contributed by atoms with Crippen LogP contribution < -0.4 is 10.6 Å². The normalized spacial score (nSPS) is 13.7. The van der Waals surface area contributed by atoms with Crippen LogP contribution in [0.3, 0.4) is 0 Å². The van der Waals surface area contributed by atoms with Gasteiger partial charge < -0.3 is 20.3 Å². The summed E-state index contributed by atoms with van der Waals surface area (Å²) in [5.41, 5.74) is 0.390. The number of hydrogen-bond donors (Lipinski definition) is 2. The average Bonchev–Trinajstić information content (AvgIpc) is 2.75. The number of likely N-dealkylation sites (N-methyl/N-ethyl adjacent to an activating group) is 1. The van der Waals surface area contributed by atoms with E-state index in [0.29, 0.717) is 23.3 Å². The predicted octanol–water partition coefficient (Wildman–Crippen LogP) is 4.12. The van der Waals surface area contributed by atoms with Gasteiger partial charge in [-0.3, -0.25) is 9.59 Å². The molecule has 0 aromatic heterocycles. The van der Waals surface area contributed by atoms with E-state index in [1.807, 2.05) is 20.1 Å². The summed E-state index contributed by atoms with van der Waals surface area (Å²) in [6.45, 7) is 9.24. The van der Waals surface area contributed by atoms with Gasteiger partial charge in [-0.2, -0.15) is 11.8 Å². The van der Waals surface area contributed by atoms with Gasteiger partial charge in [-0.15, -0.1) is 6.42 Å². The first-order valence-corrected chi connectivity index (χ1v) is 13.0. The van der Waals surface area contributed by atoms with Crippen LogP contribution in [0.1, 0.15) is 71.0 Å². The molecule has 0 aliphatic carbocycles. The Labute approximate surface area is 208 Å². The number of terminal acetylenes is 1. The van der Waals surface area contributed by atoms with Crippen molar-refractivity contribution in [1.82, 2.24) is 15.5 Å². The topological polar surface area (TPSA) is 87.7 Å². The number of carbonyl (C=O) groups is 3. The van der Waals surface area contributed by atoms with E-state index in [1.54, 1.807) is 63.8 Å². The second kappa shape index (κ2) is 13.9. The average molecular weight is 490 g/mol. The maximum absolute atomic E-state index is 13.6. The Bertz CT molecular complexity index is 876. The highest BCUT2D eigenvalue weighted by molar-refractivity contribution is 7.98. The minimum atomic E-state index is -0.948. The highest BCUT2D eigenvalue weighted by atomic mass is 32.2. The lowest BCUT2D eigenvalue weighted by molar-refractivity contribution is -0.141. The van der Waals surface area contributed by atoms with Crippen LogP contribution in [0.2, 0.25) is 0 Å². The van der Waals surface area contributed by atoms with Crippen molar-refractivity contribution < 1.29 is 19.1 Å². The standard InChI is InChI=1S/C26H39N3O4S/c1-9-13-18(3)27-23(30)22(20-15-12-11-14-19(20)10-2)29(7)24(31)21(16-17-34-8)28-25(32)33-26(4,5)6/h2,11-12,14-15,18,21-22H,9,13,16-17H2,1,3-8H3,(H,27,30)(H,28,32). The highest BCUT2D eigenvalue weighted by Crippen LogP contribution is 2.25. The number of nitrogens with one attached hydrogen (secondary N) is 2. The fourth-order valence-corrected chi connectivity index (χ4v) is 4.01. The van der Waals surface area contributed by atoms with Crippen LogP contribution in [0, 0.1) is 12.3 Å². The van der Waals surface area contributed by atoms with E-state index in [0.717, 1.165) is 12.8 Å². The zero-order chi connectivity index (χ0) is 25.9. The van der Waals surface area contributed by atoms with Gasteiger partial charge in [0.25, 0.3) is 0 Å². The van der Waals surface area contributed by atoms with Gasteiger partial charge >= 0.3 is 6.09 Å². The Morgan fingerprint density at radius 1 is 1.18 bits per heavy atom. The molecule has 0 aliphatic heterocycles. The number of benzene rings is 1. The molecule has 0 saturated heterocycles. The quantitative estimate of drug-likeness (QED) is 0.457. The second-order valence-corrected chi connectivity index (χ2v) is 10.2. The van der Waals surface area contributed by atoms with Gasteiger partial charge in [-0.05, 0) is 64.2 Å². The summed E-state index contributed by atoms with van der Waals surface area (Å²) < 4.78 is 5.35. The zero-order valence-electron chi connectivity index (χ0n) is 21.4. The summed E-state index contributed by atoms with van der Waals surface area (Å²) in [6, 6.07) is 5.22. The molecule has 1 rings (SSSR count). The molecule has 0 aliphatic rings. The van der Waals surface area contributed by atoms with Crippen molar-refractivity contribution in [2.45, 2.75) is 77.6 Å². The van der Waals surface area contributed by atoms with Crippen molar-refractivity contribution in [2.75, 3.05) is 19.1 Å². The van der Waals surface area contributed by atoms with E-state index in [4.69, 9.17) is 11.2 Å². The number of ether oxygens (including phenoxy) is 1. The van der Waals surface area contributed by atoms with E-state index in [-0.39, 0.29) is 11.9 Å². The molecule has 188 valence electrons. The first-order chi connectivity index (χ1) is 15.9. The molecule has 3 atom stereocenters. The minimum absolute atomic E-state index is 0.0614. The number of thioether (sulfide) groups is 1. The van der Waals surface area contributed by atoms with Gasteiger partial charge in [0.15, 0.2) is 0 Å². The first kappa shape index (κ1) is 29.4. The number of nitrogens with zero attached hydrogens (tertiary/aromatic N) is 1. The summed E-state index contributed by atoms with van der Waals surface area (Å²) in [7, 11) is 1.56. The molecule has 3 unspecified atom stereocenters. The van der Waals surface area contributed by atoms with Gasteiger partial charge in [0.1, 0.15) is 17.7 Å². The summed E-state index contributed by atoms with van der Waals surface area (Å²) in [6.07, 6.45) is 9.06. The van der Waals surface area contributed by atoms with Crippen molar-refractivity contribution in [3.8, 4) is 12.3 Å². The molecule has 0 spiro atoms. The van der Waals surface area contributed by atoms with Gasteiger partial charge in [0, 0.05) is 18.7 Å². The molecular formula is C26H39N3O4S. The Hall–Kier alpha value is -2.66. The van der Waals surface area contributed by atoms with E-state index >= 15 is 0 Å². The molecule has 0 bridgehead atoms. The summed E-state index contributed by atoms with van der Waals surface area (Å²) in [4.78, 5) is 40.8. The van der Waals surface area contributed by atoms with Crippen LogP contribution in [0.4, 0.5) is 4.79 Å². The van der Waals surface area contributed by atoms with Gasteiger partial charge in [-0.25, -0.2) is 4.79 Å². The second-order valence-electron chi connectivity index (χ2n) is 9.26. The van der Waals surface area contributed by atoms with Crippen LogP contribution in [0.5, 0.6) is 0 Å². The van der Waals surface area contributed by atoms with Crippen molar-refractivity contribution >= 4 is 29.7 Å². The van der Waals surface area contributed by atoms with Crippen LogP contribution in [-0.2, 0) is 14.3 Å². The molecular weight excluding hydrogens is 450 g/mol. The molecule has 3 amide bonds. The van der Waals surface area contributed by atoms with Crippen LogP contribution in [-0.4, -0.2) is 59.5 Å². The van der Waals surface area contributed by atoms with Crippen molar-refractivity contribution in [1.29, 1.82) is 0 Å². The van der Waals surface area contributed by atoms with Crippen LogP contribution >= 0.6 is 11.8 Å². The molecule has 0 fully saturated rings. The summed E-state index contributed by atoms with van der Waals surface area (Å²) in [5, 5.41) is 5.69. The molecule has 2 N–H and O–H groups in total. The van der Waals surface area contributed by atoms with E-state index in [1.165, 1.54) is 4.90 Å². The third kappa shape index (κ3) is 9.30. The monoisotopic (exact) mass is 489 g/mol. The first-order valence-electron chi connectivity index (χ1n) is 11.6. The fourth-order valence-electron chi connectivity index (χ4n) is 3.54. The molecule has 0 saturated carbocycles. The van der Waals surface area contributed by atoms with Crippen molar-refractivity contribution in [2.24, 2.45) is 0 Å². The van der Waals surface area contributed by atoms with Gasteiger partial charge in [-0.1, -0.05) is 37.5 Å². The lowest BCUT2D eigenvalue weighted by Crippen LogP contribution is -2.52. The third-order valence-corrected chi connectivity index (χ3v) is 5.75. The maximum Gasteiger partial charge on any atom is 0.408 e. The van der Waals surface area contributed by atoms with Crippen LogP contribution in [0.15, 0.2) is 24.3 Å². The lowest BCUT2D eigenvalue weighted by Gasteiger charge is -2.32. The fraction of sp³-hybridized carbons (Fsp3) is 0.577. The Balaban J connectivity index is 3.31.